The Morgan fingerprint density at radius 1 is 0.974 bits per heavy atom. The smallest absolute Gasteiger partial charge is 0.261 e. The maximum Gasteiger partial charge on any atom is 0.261 e. The van der Waals surface area contributed by atoms with Gasteiger partial charge in [-0.05, 0) is 36.4 Å². The van der Waals surface area contributed by atoms with Gasteiger partial charge in [0.05, 0.1) is 28.0 Å². The summed E-state index contributed by atoms with van der Waals surface area (Å²) in [6.45, 7) is 4.56. The number of anilines is 2. The van der Waals surface area contributed by atoms with Crippen molar-refractivity contribution in [2.75, 3.05) is 56.0 Å². The van der Waals surface area contributed by atoms with E-state index < -0.39 is 10.0 Å². The van der Waals surface area contributed by atoms with Crippen molar-refractivity contribution in [3.05, 3.63) is 78.4 Å². The van der Waals surface area contributed by atoms with Gasteiger partial charge in [-0.2, -0.15) is 0 Å². The number of thiazole rings is 1. The Morgan fingerprint density at radius 2 is 1.69 bits per heavy atom. The van der Waals surface area contributed by atoms with Gasteiger partial charge < -0.3 is 15.0 Å². The molecular formula is C27H30ClN5O4S2. The van der Waals surface area contributed by atoms with Gasteiger partial charge in [-0.25, -0.2) is 13.4 Å². The summed E-state index contributed by atoms with van der Waals surface area (Å²) >= 11 is 1.67. The van der Waals surface area contributed by atoms with Crippen LogP contribution in [0.2, 0.25) is 0 Å². The lowest BCUT2D eigenvalue weighted by Gasteiger charge is -2.34. The fourth-order valence-corrected chi connectivity index (χ4v) is 6.51. The number of fused-ring (bicyclic) bond motifs is 1. The highest BCUT2D eigenvalue weighted by atomic mass is 35.5. The van der Waals surface area contributed by atoms with Crippen LogP contribution in [0, 0.1) is 0 Å². The lowest BCUT2D eigenvalue weighted by Crippen LogP contribution is -2.48. The second-order valence-corrected chi connectivity index (χ2v) is 11.5. The monoisotopic (exact) mass is 587 g/mol. The van der Waals surface area contributed by atoms with Crippen LogP contribution < -0.4 is 19.7 Å². The van der Waals surface area contributed by atoms with E-state index in [1.807, 2.05) is 12.1 Å². The second-order valence-electron chi connectivity index (χ2n) is 8.85. The van der Waals surface area contributed by atoms with Crippen molar-refractivity contribution in [2.45, 2.75) is 4.90 Å². The summed E-state index contributed by atoms with van der Waals surface area (Å²) in [5.74, 6) is 0.465. The number of halogens is 1. The van der Waals surface area contributed by atoms with Crippen LogP contribution >= 0.6 is 23.7 Å². The molecule has 4 aromatic rings. The predicted molar refractivity (Wildman–Crippen MR) is 158 cm³/mol. The molecule has 2 N–H and O–H groups in total. The number of methoxy groups -OCH3 is 1. The third-order valence-electron chi connectivity index (χ3n) is 6.42. The topological polar surface area (TPSA) is 104 Å². The van der Waals surface area contributed by atoms with Crippen LogP contribution in [0.5, 0.6) is 5.75 Å². The number of aromatic nitrogens is 1. The number of benzene rings is 3. The Hall–Kier alpha value is -3.38. The van der Waals surface area contributed by atoms with Crippen LogP contribution in [0.15, 0.2) is 77.7 Å². The number of carbonyl (C=O) groups is 1. The highest BCUT2D eigenvalue weighted by molar-refractivity contribution is 7.92. The van der Waals surface area contributed by atoms with E-state index >= 15 is 0 Å². The van der Waals surface area contributed by atoms with Crippen molar-refractivity contribution in [1.29, 1.82) is 0 Å². The summed E-state index contributed by atoms with van der Waals surface area (Å²) in [7, 11) is -2.14. The molecule has 12 heteroatoms. The number of sulfonamides is 1. The van der Waals surface area contributed by atoms with E-state index in [1.165, 1.54) is 12.1 Å². The van der Waals surface area contributed by atoms with Crippen LogP contribution in [0.25, 0.3) is 10.2 Å². The Balaban J connectivity index is 0.00000353. The van der Waals surface area contributed by atoms with Crippen LogP contribution in [-0.2, 0) is 10.0 Å². The fraction of sp³-hybridized carbons (Fsp3) is 0.259. The van der Waals surface area contributed by atoms with Crippen LogP contribution in [-0.4, -0.2) is 70.6 Å². The zero-order valence-electron chi connectivity index (χ0n) is 21.4. The minimum absolute atomic E-state index is 0. The summed E-state index contributed by atoms with van der Waals surface area (Å²) in [4.78, 5) is 22.4. The molecule has 0 spiro atoms. The summed E-state index contributed by atoms with van der Waals surface area (Å²) in [5, 5.41) is 3.92. The largest absolute Gasteiger partial charge is 0.494 e. The number of amides is 1. The molecule has 0 radical (unpaired) electrons. The minimum atomic E-state index is -3.80. The summed E-state index contributed by atoms with van der Waals surface area (Å²) in [6, 6.07) is 20.7. The molecule has 1 amide bonds. The molecule has 39 heavy (non-hydrogen) atoms. The van der Waals surface area contributed by atoms with Crippen molar-refractivity contribution in [1.82, 2.24) is 15.2 Å². The van der Waals surface area contributed by atoms with Gasteiger partial charge >= 0.3 is 0 Å². The third-order valence-corrected chi connectivity index (χ3v) is 8.88. The van der Waals surface area contributed by atoms with Gasteiger partial charge in [0.25, 0.3) is 15.9 Å². The molecule has 1 aromatic heterocycles. The number of carbonyl (C=O) groups excluding carboxylic acids is 1. The van der Waals surface area contributed by atoms with Gasteiger partial charge in [-0.1, -0.05) is 47.7 Å². The molecule has 3 aromatic carbocycles. The zero-order chi connectivity index (χ0) is 26.5. The first-order valence-corrected chi connectivity index (χ1v) is 14.6. The molecule has 9 nitrogen and oxygen atoms in total. The lowest BCUT2D eigenvalue weighted by molar-refractivity contribution is 0.0948. The average Bonchev–Trinajstić information content (AvgIpc) is 3.39. The van der Waals surface area contributed by atoms with Gasteiger partial charge in [0.1, 0.15) is 11.3 Å². The first-order valence-electron chi connectivity index (χ1n) is 12.3. The van der Waals surface area contributed by atoms with Crippen molar-refractivity contribution < 1.29 is 17.9 Å². The predicted octanol–water partition coefficient (Wildman–Crippen LogP) is 4.08. The number of nitrogens with zero attached hydrogens (tertiary/aromatic N) is 3. The quantitative estimate of drug-likeness (QED) is 0.304. The normalized spacial score (nSPS) is 14.0. The van der Waals surface area contributed by atoms with Gasteiger partial charge in [0, 0.05) is 39.3 Å². The lowest BCUT2D eigenvalue weighted by atomic mass is 10.1. The molecule has 2 heterocycles. The van der Waals surface area contributed by atoms with E-state index in [2.05, 4.69) is 25.9 Å². The molecule has 1 aliphatic heterocycles. The van der Waals surface area contributed by atoms with Crippen LogP contribution in [0.3, 0.4) is 0 Å². The molecule has 0 saturated carbocycles. The molecular weight excluding hydrogens is 558 g/mol. The Morgan fingerprint density at radius 3 is 2.44 bits per heavy atom. The van der Waals surface area contributed by atoms with Gasteiger partial charge in [-0.3, -0.25) is 14.4 Å². The number of nitrogens with one attached hydrogen (secondary N) is 2. The van der Waals surface area contributed by atoms with Crippen LogP contribution in [0.1, 0.15) is 10.4 Å². The number of para-hydroxylation sites is 2. The summed E-state index contributed by atoms with van der Waals surface area (Å²) < 4.78 is 34.6. The van der Waals surface area contributed by atoms with Crippen molar-refractivity contribution in [3.63, 3.8) is 0 Å². The molecule has 206 valence electrons. The second kappa shape index (κ2) is 12.6. The standard InChI is InChI=1S/C27H29N5O4S2.ClH/c1-36-23-12-7-13-24-25(23)29-27(37-24)32-18-16-31(17-19-32)15-14-28-26(33)21-10-5-6-11-22(21)30-38(34,35)20-8-3-2-4-9-20;/h2-13,30H,14-19H2,1H3,(H,28,33);1H. The molecule has 1 fully saturated rings. The number of rotatable bonds is 9. The van der Waals surface area contributed by atoms with E-state index in [0.29, 0.717) is 13.1 Å². The maximum absolute atomic E-state index is 12.9. The number of ether oxygens (including phenoxy) is 1. The molecule has 5 rings (SSSR count). The third kappa shape index (κ3) is 6.62. The molecule has 1 saturated heterocycles. The van der Waals surface area contributed by atoms with E-state index in [0.717, 1.165) is 47.3 Å². The fourth-order valence-electron chi connectivity index (χ4n) is 4.37. The SMILES string of the molecule is COc1cccc2sc(N3CCN(CCNC(=O)c4ccccc4NS(=O)(=O)c4ccccc4)CC3)nc12.Cl. The van der Waals surface area contributed by atoms with E-state index in [4.69, 9.17) is 9.72 Å². The first-order chi connectivity index (χ1) is 18.4. The molecule has 0 bridgehead atoms. The van der Waals surface area contributed by atoms with E-state index in [9.17, 15) is 13.2 Å². The van der Waals surface area contributed by atoms with Crippen molar-refractivity contribution in [3.8, 4) is 5.75 Å². The molecule has 0 aliphatic carbocycles. The van der Waals surface area contributed by atoms with Crippen molar-refractivity contribution >= 4 is 60.7 Å². The number of piperazine rings is 1. The van der Waals surface area contributed by atoms with E-state index in [1.54, 1.807) is 60.9 Å². The van der Waals surface area contributed by atoms with Crippen LogP contribution in [0.4, 0.5) is 10.8 Å². The molecule has 0 unspecified atom stereocenters. The molecule has 0 atom stereocenters. The molecule has 1 aliphatic rings. The number of hydrogen-bond donors (Lipinski definition) is 2. The highest BCUT2D eigenvalue weighted by Crippen LogP contribution is 2.34. The first kappa shape index (κ1) is 28.6. The Labute approximate surface area is 238 Å². The van der Waals surface area contributed by atoms with Gasteiger partial charge in [0.2, 0.25) is 0 Å². The summed E-state index contributed by atoms with van der Waals surface area (Å²) in [5.41, 5.74) is 1.42. The van der Waals surface area contributed by atoms with Gasteiger partial charge in [0.15, 0.2) is 5.13 Å². The highest BCUT2D eigenvalue weighted by Gasteiger charge is 2.22. The maximum atomic E-state index is 12.9. The van der Waals surface area contributed by atoms with E-state index in [-0.39, 0.29) is 34.5 Å². The zero-order valence-corrected chi connectivity index (χ0v) is 23.8. The summed E-state index contributed by atoms with van der Waals surface area (Å²) in [6.07, 6.45) is 0. The average molecular weight is 588 g/mol. The Bertz CT molecular complexity index is 1520. The van der Waals surface area contributed by atoms with Gasteiger partial charge in [-0.15, -0.1) is 12.4 Å². The number of hydrogen-bond acceptors (Lipinski definition) is 8. The van der Waals surface area contributed by atoms with Crippen molar-refractivity contribution in [2.24, 2.45) is 0 Å². The Kier molecular flexibility index (Phi) is 9.28. The minimum Gasteiger partial charge on any atom is -0.494 e.